The van der Waals surface area contributed by atoms with Crippen molar-refractivity contribution in [3.8, 4) is 5.88 Å². The molecule has 0 saturated carbocycles. The first-order valence-electron chi connectivity index (χ1n) is 9.14. The number of hydrogen-bond acceptors (Lipinski definition) is 4. The van der Waals surface area contributed by atoms with Gasteiger partial charge in [-0.15, -0.1) is 5.10 Å². The van der Waals surface area contributed by atoms with Gasteiger partial charge in [0.1, 0.15) is 4.88 Å². The summed E-state index contributed by atoms with van der Waals surface area (Å²) >= 11 is 1.58. The molecule has 0 bridgehead atoms. The molecule has 132 valence electrons. The molecule has 1 aliphatic heterocycles. The van der Waals surface area contributed by atoms with E-state index in [9.17, 15) is 5.11 Å². The summed E-state index contributed by atoms with van der Waals surface area (Å²) in [6.07, 6.45) is 3.25. The van der Waals surface area contributed by atoms with Gasteiger partial charge < -0.3 is 10.0 Å². The van der Waals surface area contributed by atoms with Crippen LogP contribution in [0.15, 0.2) is 30.3 Å². The first kappa shape index (κ1) is 16.5. The Morgan fingerprint density at radius 3 is 2.64 bits per heavy atom. The van der Waals surface area contributed by atoms with Crippen molar-refractivity contribution in [2.45, 2.75) is 39.2 Å². The fourth-order valence-corrected chi connectivity index (χ4v) is 4.93. The van der Waals surface area contributed by atoms with Gasteiger partial charge in [-0.05, 0) is 18.8 Å². The second-order valence-corrected chi connectivity index (χ2v) is 8.06. The molecule has 0 aliphatic carbocycles. The standard InChI is InChI=1S/C19H24N4OS/c1-3-15-20-19-23(21-15)18(24)17(25-19)16(14-7-5-4-6-8-14)22-11-9-13(2)10-12-22/h4-8,13,16,24H,3,9-12H2,1-2H3/p+1/t16-/m0/s1. The molecule has 6 heteroatoms. The zero-order valence-corrected chi connectivity index (χ0v) is 15.6. The maximum atomic E-state index is 10.9. The second kappa shape index (κ2) is 6.77. The minimum atomic E-state index is 0.146. The second-order valence-electron chi connectivity index (χ2n) is 7.05. The van der Waals surface area contributed by atoms with Gasteiger partial charge in [0.15, 0.2) is 11.9 Å². The van der Waals surface area contributed by atoms with Gasteiger partial charge in [0.25, 0.3) is 0 Å². The van der Waals surface area contributed by atoms with Crippen molar-refractivity contribution in [1.82, 2.24) is 14.6 Å². The molecule has 1 saturated heterocycles. The molecule has 25 heavy (non-hydrogen) atoms. The zero-order valence-electron chi connectivity index (χ0n) is 14.8. The molecule has 1 fully saturated rings. The highest BCUT2D eigenvalue weighted by molar-refractivity contribution is 7.17. The number of benzene rings is 1. The van der Waals surface area contributed by atoms with E-state index in [4.69, 9.17) is 0 Å². The van der Waals surface area contributed by atoms with E-state index in [1.807, 2.05) is 13.0 Å². The average molecular weight is 358 g/mol. The number of aromatic nitrogens is 3. The maximum Gasteiger partial charge on any atom is 0.235 e. The van der Waals surface area contributed by atoms with Crippen LogP contribution in [-0.4, -0.2) is 32.8 Å². The third-order valence-corrected chi connectivity index (χ3v) is 6.36. The van der Waals surface area contributed by atoms with Gasteiger partial charge in [-0.2, -0.15) is 4.52 Å². The highest BCUT2D eigenvalue weighted by atomic mass is 32.1. The number of hydrogen-bond donors (Lipinski definition) is 2. The van der Waals surface area contributed by atoms with E-state index in [0.29, 0.717) is 0 Å². The predicted molar refractivity (Wildman–Crippen MR) is 99.3 cm³/mol. The highest BCUT2D eigenvalue weighted by Gasteiger charge is 2.34. The molecular weight excluding hydrogens is 332 g/mol. The first-order chi connectivity index (χ1) is 12.2. The summed E-state index contributed by atoms with van der Waals surface area (Å²) in [4.78, 5) is 7.84. The minimum absolute atomic E-state index is 0.146. The number of fused-ring (bicyclic) bond motifs is 1. The van der Waals surface area contributed by atoms with Crippen LogP contribution in [0.5, 0.6) is 5.88 Å². The molecular formula is C19H25N4OS+. The molecule has 3 heterocycles. The monoisotopic (exact) mass is 357 g/mol. The van der Waals surface area contributed by atoms with Crippen LogP contribution in [0.2, 0.25) is 0 Å². The third-order valence-electron chi connectivity index (χ3n) is 5.28. The smallest absolute Gasteiger partial charge is 0.235 e. The van der Waals surface area contributed by atoms with Gasteiger partial charge in [-0.1, -0.05) is 55.5 Å². The normalized spacial score (nSPS) is 22.3. The van der Waals surface area contributed by atoms with Crippen LogP contribution in [-0.2, 0) is 6.42 Å². The van der Waals surface area contributed by atoms with Crippen molar-refractivity contribution in [3.63, 3.8) is 0 Å². The summed E-state index contributed by atoms with van der Waals surface area (Å²) in [7, 11) is 0. The van der Waals surface area contributed by atoms with Crippen molar-refractivity contribution in [1.29, 1.82) is 0 Å². The summed E-state index contributed by atoms with van der Waals surface area (Å²) in [6, 6.07) is 10.7. The minimum Gasteiger partial charge on any atom is -0.492 e. The van der Waals surface area contributed by atoms with Crippen LogP contribution in [0.3, 0.4) is 0 Å². The van der Waals surface area contributed by atoms with Crippen LogP contribution in [0.1, 0.15) is 49.0 Å². The molecule has 0 amide bonds. The highest BCUT2D eigenvalue weighted by Crippen LogP contribution is 2.35. The summed E-state index contributed by atoms with van der Waals surface area (Å²) in [5.74, 6) is 1.83. The van der Waals surface area contributed by atoms with Gasteiger partial charge in [0.2, 0.25) is 10.8 Å². The Kier molecular flexibility index (Phi) is 4.48. The molecule has 0 unspecified atom stereocenters. The van der Waals surface area contributed by atoms with E-state index < -0.39 is 0 Å². The Hall–Kier alpha value is -1.92. The van der Waals surface area contributed by atoms with Crippen molar-refractivity contribution in [3.05, 3.63) is 46.6 Å². The fraction of sp³-hybridized carbons (Fsp3) is 0.474. The Morgan fingerprint density at radius 1 is 1.28 bits per heavy atom. The van der Waals surface area contributed by atoms with E-state index in [0.717, 1.165) is 41.1 Å². The van der Waals surface area contributed by atoms with Crippen LogP contribution in [0, 0.1) is 5.92 Å². The zero-order chi connectivity index (χ0) is 17.4. The summed E-state index contributed by atoms with van der Waals surface area (Å²) in [6.45, 7) is 6.63. The summed E-state index contributed by atoms with van der Waals surface area (Å²) in [5.41, 5.74) is 1.25. The topological polar surface area (TPSA) is 54.9 Å². The molecule has 1 atom stereocenters. The van der Waals surface area contributed by atoms with E-state index in [-0.39, 0.29) is 11.9 Å². The number of rotatable bonds is 4. The van der Waals surface area contributed by atoms with Gasteiger partial charge in [-0.3, -0.25) is 0 Å². The molecule has 1 aromatic carbocycles. The van der Waals surface area contributed by atoms with E-state index in [2.05, 4.69) is 41.3 Å². The molecule has 1 aliphatic rings. The lowest BCUT2D eigenvalue weighted by Crippen LogP contribution is -3.13. The average Bonchev–Trinajstić information content (AvgIpc) is 3.18. The first-order valence-corrected chi connectivity index (χ1v) is 9.95. The number of nitrogens with zero attached hydrogens (tertiary/aromatic N) is 3. The van der Waals surface area contributed by atoms with E-state index in [1.165, 1.54) is 23.3 Å². The third kappa shape index (κ3) is 3.04. The van der Waals surface area contributed by atoms with Gasteiger partial charge in [-0.25, -0.2) is 4.98 Å². The molecule has 2 aromatic heterocycles. The van der Waals surface area contributed by atoms with Crippen LogP contribution in [0.4, 0.5) is 0 Å². The van der Waals surface area contributed by atoms with Crippen molar-refractivity contribution in [2.24, 2.45) is 5.92 Å². The largest absolute Gasteiger partial charge is 0.492 e. The van der Waals surface area contributed by atoms with Crippen LogP contribution in [0.25, 0.3) is 4.96 Å². The maximum absolute atomic E-state index is 10.9. The number of likely N-dealkylation sites (tertiary alicyclic amines) is 1. The van der Waals surface area contributed by atoms with E-state index in [1.54, 1.807) is 15.9 Å². The Labute approximate surface area is 151 Å². The lowest BCUT2D eigenvalue weighted by Gasteiger charge is -2.33. The molecule has 4 rings (SSSR count). The Morgan fingerprint density at radius 2 is 2.00 bits per heavy atom. The van der Waals surface area contributed by atoms with Crippen molar-refractivity contribution < 1.29 is 10.0 Å². The molecule has 0 radical (unpaired) electrons. The molecule has 3 aromatic rings. The van der Waals surface area contributed by atoms with Crippen molar-refractivity contribution in [2.75, 3.05) is 13.1 Å². The Bertz CT molecular complexity index is 849. The number of quaternary nitrogens is 1. The van der Waals surface area contributed by atoms with Gasteiger partial charge >= 0.3 is 0 Å². The SMILES string of the molecule is CCc1nc2sc([C@H](c3ccccc3)[NH+]3CCC(C)CC3)c(O)n2n1. The van der Waals surface area contributed by atoms with Crippen molar-refractivity contribution >= 4 is 16.3 Å². The van der Waals surface area contributed by atoms with Crippen LogP contribution < -0.4 is 4.90 Å². The lowest BCUT2D eigenvalue weighted by atomic mass is 9.95. The predicted octanol–water partition coefficient (Wildman–Crippen LogP) is 2.46. The number of nitrogens with one attached hydrogen (secondary N) is 1. The number of thiazole rings is 1. The summed E-state index contributed by atoms with van der Waals surface area (Å²) < 4.78 is 1.61. The van der Waals surface area contributed by atoms with Gasteiger partial charge in [0.05, 0.1) is 13.1 Å². The molecule has 5 nitrogen and oxygen atoms in total. The molecule has 0 spiro atoms. The lowest BCUT2D eigenvalue weighted by molar-refractivity contribution is -0.931. The fourth-order valence-electron chi connectivity index (χ4n) is 3.77. The van der Waals surface area contributed by atoms with Crippen LogP contribution >= 0.6 is 11.3 Å². The van der Waals surface area contributed by atoms with Gasteiger partial charge in [0, 0.05) is 12.0 Å². The number of aryl methyl sites for hydroxylation is 1. The Balaban J connectivity index is 1.78. The number of piperidine rings is 1. The summed E-state index contributed by atoms with van der Waals surface area (Å²) in [5, 5.41) is 15.3. The quantitative estimate of drug-likeness (QED) is 0.754. The van der Waals surface area contributed by atoms with E-state index >= 15 is 0 Å². The number of aromatic hydroxyl groups is 1. The molecule has 2 N–H and O–H groups in total.